The molecule has 7 nitrogen and oxygen atoms in total. The lowest BCUT2D eigenvalue weighted by Crippen LogP contribution is -1.99. The molecule has 0 unspecified atom stereocenters. The summed E-state index contributed by atoms with van der Waals surface area (Å²) in [7, 11) is 1.40. The lowest BCUT2D eigenvalue weighted by atomic mass is 10.1. The Morgan fingerprint density at radius 2 is 1.87 bits per heavy atom. The van der Waals surface area contributed by atoms with Crippen LogP contribution < -0.4 is 9.47 Å². The molecule has 23 heavy (non-hydrogen) atoms. The second-order valence-corrected chi connectivity index (χ2v) is 4.58. The fourth-order valence-corrected chi connectivity index (χ4v) is 1.91. The zero-order valence-electron chi connectivity index (χ0n) is 12.4. The third-order valence-electron chi connectivity index (χ3n) is 3.07. The Labute approximate surface area is 131 Å². The number of benzene rings is 2. The van der Waals surface area contributed by atoms with Crippen LogP contribution in [-0.4, -0.2) is 17.8 Å². The van der Waals surface area contributed by atoms with Crippen LogP contribution in [0, 0.1) is 21.4 Å². The Hall–Kier alpha value is -3.40. The normalized spacial score (nSPS) is 9.78. The molecule has 2 rings (SSSR count). The van der Waals surface area contributed by atoms with E-state index in [1.807, 2.05) is 6.07 Å². The van der Waals surface area contributed by atoms with Crippen molar-refractivity contribution in [3.8, 4) is 23.3 Å². The molecule has 0 saturated carbocycles. The van der Waals surface area contributed by atoms with Crippen molar-refractivity contribution in [3.05, 3.63) is 57.6 Å². The number of hydrogen-bond acceptors (Lipinski definition) is 6. The van der Waals surface area contributed by atoms with Gasteiger partial charge in [-0.05, 0) is 31.2 Å². The largest absolute Gasteiger partial charge is 0.493 e. The smallest absolute Gasteiger partial charge is 0.312 e. The van der Waals surface area contributed by atoms with Crippen LogP contribution in [0.15, 0.2) is 36.4 Å². The quantitative estimate of drug-likeness (QED) is 0.476. The average molecular weight is 312 g/mol. The van der Waals surface area contributed by atoms with Crippen LogP contribution in [0.1, 0.15) is 22.8 Å². The van der Waals surface area contributed by atoms with E-state index >= 15 is 0 Å². The van der Waals surface area contributed by atoms with Gasteiger partial charge in [-0.25, -0.2) is 0 Å². The van der Waals surface area contributed by atoms with Crippen molar-refractivity contribution in [2.24, 2.45) is 0 Å². The van der Waals surface area contributed by atoms with Gasteiger partial charge in [-0.2, -0.15) is 5.26 Å². The van der Waals surface area contributed by atoms with Gasteiger partial charge in [-0.1, -0.05) is 0 Å². The molecule has 0 bridgehead atoms. The highest BCUT2D eigenvalue weighted by molar-refractivity contribution is 5.95. The van der Waals surface area contributed by atoms with Crippen LogP contribution >= 0.6 is 0 Å². The van der Waals surface area contributed by atoms with Crippen molar-refractivity contribution in [2.75, 3.05) is 7.11 Å². The summed E-state index contributed by atoms with van der Waals surface area (Å²) < 4.78 is 10.7. The number of methoxy groups -OCH3 is 1. The van der Waals surface area contributed by atoms with Gasteiger partial charge >= 0.3 is 5.69 Å². The van der Waals surface area contributed by atoms with Crippen LogP contribution in [0.25, 0.3) is 0 Å². The first-order valence-electron chi connectivity index (χ1n) is 6.51. The van der Waals surface area contributed by atoms with Gasteiger partial charge in [0.05, 0.1) is 23.7 Å². The minimum absolute atomic E-state index is 0.0250. The Balaban J connectivity index is 2.46. The van der Waals surface area contributed by atoms with Crippen molar-refractivity contribution < 1.29 is 19.2 Å². The molecule has 0 aliphatic rings. The molecule has 0 amide bonds. The van der Waals surface area contributed by atoms with Gasteiger partial charge in [-0.3, -0.25) is 14.9 Å². The number of ether oxygens (including phenoxy) is 2. The third kappa shape index (κ3) is 3.44. The first-order valence-corrected chi connectivity index (χ1v) is 6.51. The van der Waals surface area contributed by atoms with E-state index in [-0.39, 0.29) is 34.3 Å². The highest BCUT2D eigenvalue weighted by Gasteiger charge is 2.19. The summed E-state index contributed by atoms with van der Waals surface area (Å²) in [4.78, 5) is 21.9. The summed E-state index contributed by atoms with van der Waals surface area (Å²) in [6.45, 7) is 1.32. The molecule has 0 radical (unpaired) electrons. The fourth-order valence-electron chi connectivity index (χ4n) is 1.91. The highest BCUT2D eigenvalue weighted by Crippen LogP contribution is 2.37. The highest BCUT2D eigenvalue weighted by atomic mass is 16.6. The van der Waals surface area contributed by atoms with Crippen molar-refractivity contribution in [1.29, 1.82) is 5.26 Å². The van der Waals surface area contributed by atoms with E-state index in [0.29, 0.717) is 5.56 Å². The number of nitro groups is 1. The molecule has 2 aromatic rings. The number of Topliss-reactive ketones (excluding diaryl/α,β-unsaturated/α-hetero) is 1. The summed E-state index contributed by atoms with van der Waals surface area (Å²) in [6.07, 6.45) is 0. The Morgan fingerprint density at radius 1 is 1.17 bits per heavy atom. The van der Waals surface area contributed by atoms with E-state index in [0.717, 1.165) is 6.07 Å². The van der Waals surface area contributed by atoms with Crippen LogP contribution in [-0.2, 0) is 0 Å². The topological polar surface area (TPSA) is 102 Å². The molecule has 0 heterocycles. The van der Waals surface area contributed by atoms with Crippen molar-refractivity contribution in [1.82, 2.24) is 0 Å². The van der Waals surface area contributed by atoms with E-state index < -0.39 is 4.92 Å². The summed E-state index contributed by atoms with van der Waals surface area (Å²) in [5.74, 6) is 0.192. The molecule has 116 valence electrons. The number of nitro benzene ring substituents is 1. The maximum Gasteiger partial charge on any atom is 0.312 e. The molecule has 0 saturated heterocycles. The van der Waals surface area contributed by atoms with Crippen molar-refractivity contribution in [2.45, 2.75) is 6.92 Å². The van der Waals surface area contributed by atoms with E-state index in [4.69, 9.17) is 14.7 Å². The Bertz CT molecular complexity index is 824. The molecule has 0 fully saturated rings. The second kappa shape index (κ2) is 6.58. The fraction of sp³-hybridized carbons (Fsp3) is 0.125. The number of rotatable bonds is 5. The minimum Gasteiger partial charge on any atom is -0.493 e. The van der Waals surface area contributed by atoms with Gasteiger partial charge in [0, 0.05) is 17.7 Å². The molecule has 0 aliphatic heterocycles. The third-order valence-corrected chi connectivity index (χ3v) is 3.07. The zero-order valence-corrected chi connectivity index (χ0v) is 12.4. The molecule has 2 aromatic carbocycles. The molecule has 0 N–H and O–H groups in total. The van der Waals surface area contributed by atoms with Crippen molar-refractivity contribution in [3.63, 3.8) is 0 Å². The standard InChI is InChI=1S/C16H12N2O5/c1-10(19)12-4-6-14(13(8-12)18(20)21)23-15-5-3-11(9-17)7-16(15)22-2/h3-8H,1-2H3. The van der Waals surface area contributed by atoms with Gasteiger partial charge in [0.15, 0.2) is 17.3 Å². The Morgan fingerprint density at radius 3 is 2.43 bits per heavy atom. The lowest BCUT2D eigenvalue weighted by molar-refractivity contribution is -0.385. The number of carbonyl (C=O) groups is 1. The van der Waals surface area contributed by atoms with E-state index in [1.165, 1.54) is 44.4 Å². The predicted octanol–water partition coefficient (Wildman–Crippen LogP) is 3.47. The van der Waals surface area contributed by atoms with Gasteiger partial charge < -0.3 is 9.47 Å². The lowest BCUT2D eigenvalue weighted by Gasteiger charge is -2.11. The van der Waals surface area contributed by atoms with E-state index in [2.05, 4.69) is 0 Å². The predicted molar refractivity (Wildman–Crippen MR) is 80.9 cm³/mol. The molecular formula is C16H12N2O5. The number of nitriles is 1. The SMILES string of the molecule is COc1cc(C#N)ccc1Oc1ccc(C(C)=O)cc1[N+](=O)[O-]. The summed E-state index contributed by atoms with van der Waals surface area (Å²) in [5.41, 5.74) is 0.260. The molecule has 0 spiro atoms. The Kier molecular flexibility index (Phi) is 4.57. The van der Waals surface area contributed by atoms with Crippen LogP contribution in [0.4, 0.5) is 5.69 Å². The van der Waals surface area contributed by atoms with Crippen LogP contribution in [0.3, 0.4) is 0 Å². The molecule has 0 atom stereocenters. The van der Waals surface area contributed by atoms with E-state index in [9.17, 15) is 14.9 Å². The number of hydrogen-bond donors (Lipinski definition) is 0. The second-order valence-electron chi connectivity index (χ2n) is 4.58. The number of carbonyl (C=O) groups excluding carboxylic acids is 1. The average Bonchev–Trinajstić information content (AvgIpc) is 2.55. The molecule has 0 aliphatic carbocycles. The van der Waals surface area contributed by atoms with E-state index in [1.54, 1.807) is 0 Å². The first kappa shape index (κ1) is 16.0. The minimum atomic E-state index is -0.627. The van der Waals surface area contributed by atoms with Crippen LogP contribution in [0.2, 0.25) is 0 Å². The summed E-state index contributed by atoms with van der Waals surface area (Å²) in [5, 5.41) is 20.1. The monoisotopic (exact) mass is 312 g/mol. The number of nitrogens with zero attached hydrogens (tertiary/aromatic N) is 2. The van der Waals surface area contributed by atoms with Gasteiger partial charge in [0.25, 0.3) is 0 Å². The van der Waals surface area contributed by atoms with Crippen molar-refractivity contribution >= 4 is 11.5 Å². The van der Waals surface area contributed by atoms with Crippen LogP contribution in [0.5, 0.6) is 17.2 Å². The maximum atomic E-state index is 11.3. The molecular weight excluding hydrogens is 300 g/mol. The summed E-state index contributed by atoms with van der Waals surface area (Å²) >= 11 is 0. The maximum absolute atomic E-state index is 11.3. The molecule has 0 aromatic heterocycles. The zero-order chi connectivity index (χ0) is 17.0. The first-order chi connectivity index (χ1) is 11.0. The summed E-state index contributed by atoms with van der Waals surface area (Å²) in [6, 6.07) is 10.4. The van der Waals surface area contributed by atoms with Gasteiger partial charge in [0.1, 0.15) is 0 Å². The number of ketones is 1. The van der Waals surface area contributed by atoms with Gasteiger partial charge in [0.2, 0.25) is 5.75 Å². The van der Waals surface area contributed by atoms with Gasteiger partial charge in [-0.15, -0.1) is 0 Å². The molecule has 7 heteroatoms.